The highest BCUT2D eigenvalue weighted by Gasteiger charge is 2.27. The van der Waals surface area contributed by atoms with Crippen LogP contribution in [0.2, 0.25) is 0 Å². The predicted molar refractivity (Wildman–Crippen MR) is 199 cm³/mol. The third-order valence-electron chi connectivity index (χ3n) is 8.87. The van der Waals surface area contributed by atoms with Gasteiger partial charge in [-0.2, -0.15) is 0 Å². The fraction of sp³-hybridized carbons (Fsp3) is 0.385. The first-order chi connectivity index (χ1) is 25.2. The number of aryl methyl sites for hydroxylation is 3. The molecule has 0 saturated carbocycles. The number of carbonyl (C=O) groups excluding carboxylic acids is 2. The first-order valence-corrected chi connectivity index (χ1v) is 17.6. The van der Waals surface area contributed by atoms with Crippen LogP contribution in [0.1, 0.15) is 29.5 Å². The van der Waals surface area contributed by atoms with Crippen molar-refractivity contribution in [3.05, 3.63) is 95.7 Å². The lowest BCUT2D eigenvalue weighted by Gasteiger charge is -2.32. The molecule has 0 unspecified atom stereocenters. The average molecular weight is 714 g/mol. The molecular formula is C39H48FN7O5. The van der Waals surface area contributed by atoms with Crippen molar-refractivity contribution >= 4 is 34.9 Å². The highest BCUT2D eigenvalue weighted by molar-refractivity contribution is 6.01. The van der Waals surface area contributed by atoms with Crippen molar-refractivity contribution in [3.63, 3.8) is 0 Å². The average Bonchev–Trinajstić information content (AvgIpc) is 3.14. The van der Waals surface area contributed by atoms with E-state index < -0.39 is 11.9 Å². The molecule has 0 spiro atoms. The number of carbonyl (C=O) groups is 2. The number of hydrogen-bond donors (Lipinski definition) is 2. The Morgan fingerprint density at radius 2 is 1.75 bits per heavy atom. The second kappa shape index (κ2) is 18.9. The van der Waals surface area contributed by atoms with Crippen molar-refractivity contribution in [1.82, 2.24) is 25.1 Å². The summed E-state index contributed by atoms with van der Waals surface area (Å²) < 4.78 is 32.4. The molecule has 0 bridgehead atoms. The van der Waals surface area contributed by atoms with Gasteiger partial charge < -0.3 is 34.6 Å². The fourth-order valence-electron chi connectivity index (χ4n) is 5.96. The molecule has 1 fully saturated rings. The van der Waals surface area contributed by atoms with E-state index in [1.807, 2.05) is 38.1 Å². The fourth-order valence-corrected chi connectivity index (χ4v) is 5.96. The Morgan fingerprint density at radius 3 is 2.46 bits per heavy atom. The quantitative estimate of drug-likeness (QED) is 0.133. The molecule has 0 atom stereocenters. The second-order valence-corrected chi connectivity index (χ2v) is 12.8. The maximum atomic E-state index is 15.5. The van der Waals surface area contributed by atoms with Crippen LogP contribution >= 0.6 is 0 Å². The van der Waals surface area contributed by atoms with Gasteiger partial charge in [-0.05, 0) is 74.7 Å². The number of piperazine rings is 1. The van der Waals surface area contributed by atoms with E-state index in [2.05, 4.69) is 37.4 Å². The van der Waals surface area contributed by atoms with Crippen LogP contribution in [0.4, 0.5) is 32.1 Å². The van der Waals surface area contributed by atoms with E-state index >= 15 is 4.39 Å². The monoisotopic (exact) mass is 713 g/mol. The van der Waals surface area contributed by atoms with E-state index in [1.165, 1.54) is 23.5 Å². The third kappa shape index (κ3) is 10.5. The summed E-state index contributed by atoms with van der Waals surface area (Å²) in [4.78, 5) is 41.3. The van der Waals surface area contributed by atoms with Crippen LogP contribution in [0.15, 0.2) is 73.2 Å². The van der Waals surface area contributed by atoms with Gasteiger partial charge in [0.15, 0.2) is 11.6 Å². The summed E-state index contributed by atoms with van der Waals surface area (Å²) in [5, 5.41) is 6.18. The second-order valence-electron chi connectivity index (χ2n) is 12.8. The van der Waals surface area contributed by atoms with E-state index in [-0.39, 0.29) is 23.9 Å². The summed E-state index contributed by atoms with van der Waals surface area (Å²) >= 11 is 0. The molecule has 3 aromatic carbocycles. The Kier molecular flexibility index (Phi) is 13.9. The Morgan fingerprint density at radius 1 is 0.981 bits per heavy atom. The van der Waals surface area contributed by atoms with Crippen molar-refractivity contribution < 1.29 is 28.2 Å². The summed E-state index contributed by atoms with van der Waals surface area (Å²) in [7, 11) is 3.70. The molecule has 1 aliphatic heterocycles. The maximum Gasteiger partial charge on any atom is 0.425 e. The number of halogens is 1. The number of likely N-dealkylation sites (N-methyl/N-ethyl adjacent to an activating group) is 1. The number of aromatic nitrogens is 2. The number of anilines is 4. The summed E-state index contributed by atoms with van der Waals surface area (Å²) in [6.07, 6.45) is 3.43. The molecule has 12 nitrogen and oxygen atoms in total. The molecule has 2 amide bonds. The first kappa shape index (κ1) is 38.1. The number of amides is 2. The number of nitrogens with one attached hydrogen (secondary N) is 2. The summed E-state index contributed by atoms with van der Waals surface area (Å²) in [6, 6.07) is 17.3. The van der Waals surface area contributed by atoms with Crippen molar-refractivity contribution in [2.75, 3.05) is 76.9 Å². The molecule has 4 aromatic rings. The highest BCUT2D eigenvalue weighted by Crippen LogP contribution is 2.38. The van der Waals surface area contributed by atoms with Crippen LogP contribution in [-0.2, 0) is 16.0 Å². The molecule has 1 saturated heterocycles. The van der Waals surface area contributed by atoms with Crippen LogP contribution in [0.5, 0.6) is 11.5 Å². The van der Waals surface area contributed by atoms with Gasteiger partial charge in [-0.1, -0.05) is 30.3 Å². The Hall–Kier alpha value is -5.11. The molecular weight excluding hydrogens is 665 g/mol. The van der Waals surface area contributed by atoms with Crippen molar-refractivity contribution in [2.45, 2.75) is 33.1 Å². The molecule has 2 N–H and O–H groups in total. The van der Waals surface area contributed by atoms with E-state index in [4.69, 9.17) is 14.2 Å². The van der Waals surface area contributed by atoms with Gasteiger partial charge in [0, 0.05) is 70.7 Å². The van der Waals surface area contributed by atoms with Gasteiger partial charge in [0.25, 0.3) is 0 Å². The van der Waals surface area contributed by atoms with Gasteiger partial charge in [-0.15, -0.1) is 0 Å². The van der Waals surface area contributed by atoms with Crippen LogP contribution in [0.25, 0.3) is 0 Å². The van der Waals surface area contributed by atoms with Gasteiger partial charge >= 0.3 is 6.09 Å². The van der Waals surface area contributed by atoms with Gasteiger partial charge in [-0.25, -0.2) is 24.1 Å². The summed E-state index contributed by atoms with van der Waals surface area (Å²) in [6.45, 7) is 9.93. The van der Waals surface area contributed by atoms with E-state index in [0.717, 1.165) is 50.3 Å². The van der Waals surface area contributed by atoms with Crippen molar-refractivity contribution in [1.29, 1.82) is 0 Å². The first-order valence-electron chi connectivity index (χ1n) is 17.6. The standard InChI is InChI=1S/C39H48FN7O5/c1-28-8-5-9-29(2)38(28)52-39(49)47(35-16-17-41-27-43-35)33-11-6-10-30(12-15-36(48)42-18-25-50-4)37(33)44-31-13-14-34(32(40)26-31)51-24-7-19-46-22-20-45(3)21-23-46/h5-6,8-11,13-14,16-17,26-27,44H,7,12,15,18-25H2,1-4H3,(H,42,48). The molecule has 52 heavy (non-hydrogen) atoms. The van der Waals surface area contributed by atoms with Crippen molar-refractivity contribution in [3.8, 4) is 11.5 Å². The number of ether oxygens (including phenoxy) is 3. The lowest BCUT2D eigenvalue weighted by Crippen LogP contribution is -2.44. The van der Waals surface area contributed by atoms with Crippen LogP contribution in [-0.4, -0.2) is 98.4 Å². The zero-order valence-corrected chi connectivity index (χ0v) is 30.4. The third-order valence-corrected chi connectivity index (χ3v) is 8.87. The summed E-state index contributed by atoms with van der Waals surface area (Å²) in [5.74, 6) is 0.172. The normalized spacial score (nSPS) is 13.4. The van der Waals surface area contributed by atoms with Gasteiger partial charge in [0.2, 0.25) is 5.91 Å². The SMILES string of the molecule is COCCNC(=O)CCc1cccc(N(C(=O)Oc2c(C)cccc2C)c2ccncn2)c1Nc1ccc(OCCCN2CCN(C)CC2)c(F)c1. The van der Waals surface area contributed by atoms with Crippen LogP contribution < -0.4 is 25.0 Å². The van der Waals surface area contributed by atoms with Crippen LogP contribution in [0, 0.1) is 19.7 Å². The highest BCUT2D eigenvalue weighted by atomic mass is 19.1. The van der Waals surface area contributed by atoms with Gasteiger partial charge in [0.1, 0.15) is 17.9 Å². The number of para-hydroxylation sites is 2. The molecule has 5 rings (SSSR count). The molecule has 0 radical (unpaired) electrons. The predicted octanol–water partition coefficient (Wildman–Crippen LogP) is 6.02. The van der Waals surface area contributed by atoms with Crippen molar-refractivity contribution in [2.24, 2.45) is 0 Å². The number of hydrogen-bond acceptors (Lipinski definition) is 10. The number of benzene rings is 3. The Bertz CT molecular complexity index is 1770. The lowest BCUT2D eigenvalue weighted by molar-refractivity contribution is -0.121. The topological polar surface area (TPSA) is 121 Å². The van der Waals surface area contributed by atoms with E-state index in [1.54, 1.807) is 37.4 Å². The number of rotatable bonds is 16. The number of methoxy groups -OCH3 is 1. The molecule has 13 heteroatoms. The van der Waals surface area contributed by atoms with Crippen LogP contribution in [0.3, 0.4) is 0 Å². The zero-order valence-electron chi connectivity index (χ0n) is 30.4. The Labute approximate surface area is 304 Å². The number of nitrogens with zero attached hydrogens (tertiary/aromatic N) is 5. The smallest absolute Gasteiger partial charge is 0.425 e. The Balaban J connectivity index is 1.42. The maximum absolute atomic E-state index is 15.5. The minimum atomic E-state index is -0.708. The lowest BCUT2D eigenvalue weighted by atomic mass is 10.0. The molecule has 0 aliphatic carbocycles. The zero-order chi connectivity index (χ0) is 36.9. The minimum Gasteiger partial charge on any atom is -0.490 e. The molecule has 2 heterocycles. The minimum absolute atomic E-state index is 0.157. The van der Waals surface area contributed by atoms with Gasteiger partial charge in [-0.3, -0.25) is 4.79 Å². The molecule has 1 aliphatic rings. The molecule has 276 valence electrons. The van der Waals surface area contributed by atoms with Gasteiger partial charge in [0.05, 0.1) is 24.6 Å². The largest absolute Gasteiger partial charge is 0.490 e. The van der Waals surface area contributed by atoms with E-state index in [0.29, 0.717) is 54.6 Å². The van der Waals surface area contributed by atoms with E-state index in [9.17, 15) is 9.59 Å². The summed E-state index contributed by atoms with van der Waals surface area (Å²) in [5.41, 5.74) is 3.58. The molecule has 1 aromatic heterocycles.